The van der Waals surface area contributed by atoms with Gasteiger partial charge in [-0.3, -0.25) is 9.48 Å². The van der Waals surface area contributed by atoms with E-state index in [1.165, 1.54) is 35.8 Å². The molecule has 11 nitrogen and oxygen atoms in total. The Bertz CT molecular complexity index is 1560. The summed E-state index contributed by atoms with van der Waals surface area (Å²) in [7, 11) is 1.73. The first kappa shape index (κ1) is 21.1. The quantitative estimate of drug-likeness (QED) is 0.419. The normalized spacial score (nSPS) is 16.1. The zero-order valence-corrected chi connectivity index (χ0v) is 18.1. The summed E-state index contributed by atoms with van der Waals surface area (Å²) >= 11 is 0. The van der Waals surface area contributed by atoms with Crippen LogP contribution in [0.3, 0.4) is 0 Å². The van der Waals surface area contributed by atoms with Gasteiger partial charge < -0.3 is 14.3 Å². The molecule has 5 aromatic heterocycles. The Labute approximate surface area is 194 Å². The first-order valence-corrected chi connectivity index (χ1v) is 10.5. The SMILES string of the molecule is Cn1cc(-c2nnc(C(=O)N3CCc4[nH]cnc4[C@H]3c3cc4c(C(F)(F)F)cccn4n3)o2)cn1. The summed E-state index contributed by atoms with van der Waals surface area (Å²) < 4.78 is 49.0. The summed E-state index contributed by atoms with van der Waals surface area (Å²) in [5.41, 5.74) is 1.09. The van der Waals surface area contributed by atoms with E-state index in [0.29, 0.717) is 17.7 Å². The molecule has 0 aliphatic carbocycles. The van der Waals surface area contributed by atoms with Crippen molar-refractivity contribution in [3.8, 4) is 11.5 Å². The van der Waals surface area contributed by atoms with E-state index in [-0.39, 0.29) is 29.5 Å². The molecule has 1 aliphatic rings. The largest absolute Gasteiger partial charge is 0.418 e. The molecule has 0 saturated carbocycles. The van der Waals surface area contributed by atoms with Crippen molar-refractivity contribution in [1.29, 1.82) is 0 Å². The van der Waals surface area contributed by atoms with Crippen molar-refractivity contribution in [2.45, 2.75) is 18.6 Å². The fraction of sp³-hybridized carbons (Fsp3) is 0.238. The van der Waals surface area contributed by atoms with Crippen LogP contribution < -0.4 is 0 Å². The van der Waals surface area contributed by atoms with Gasteiger partial charge in [-0.2, -0.15) is 23.4 Å². The molecule has 0 unspecified atom stereocenters. The lowest BCUT2D eigenvalue weighted by atomic mass is 9.99. The number of rotatable bonds is 3. The van der Waals surface area contributed by atoms with E-state index in [0.717, 1.165) is 16.3 Å². The first-order valence-electron chi connectivity index (χ1n) is 10.5. The molecule has 6 heterocycles. The molecule has 5 aromatic rings. The molecule has 35 heavy (non-hydrogen) atoms. The number of fused-ring (bicyclic) bond motifs is 2. The van der Waals surface area contributed by atoms with Crippen molar-refractivity contribution in [2.24, 2.45) is 7.05 Å². The highest BCUT2D eigenvalue weighted by Crippen LogP contribution is 2.37. The van der Waals surface area contributed by atoms with Crippen molar-refractivity contribution < 1.29 is 22.4 Å². The van der Waals surface area contributed by atoms with Gasteiger partial charge in [0.15, 0.2) is 0 Å². The average Bonchev–Trinajstić information content (AvgIpc) is 3.62. The van der Waals surface area contributed by atoms with Crippen LogP contribution in [0.5, 0.6) is 0 Å². The molecule has 178 valence electrons. The number of carbonyl (C=O) groups excluding carboxylic acids is 1. The van der Waals surface area contributed by atoms with E-state index in [1.807, 2.05) is 0 Å². The number of aromatic amines is 1. The Morgan fingerprint density at radius 3 is 2.91 bits per heavy atom. The first-order chi connectivity index (χ1) is 16.8. The topological polar surface area (TPSA) is 123 Å². The minimum absolute atomic E-state index is 0.123. The number of alkyl halides is 3. The molecule has 0 radical (unpaired) electrons. The van der Waals surface area contributed by atoms with E-state index in [2.05, 4.69) is 30.4 Å². The molecular weight excluding hydrogens is 467 g/mol. The second-order valence-corrected chi connectivity index (χ2v) is 8.05. The summed E-state index contributed by atoms with van der Waals surface area (Å²) in [6.45, 7) is 0.239. The maximum atomic E-state index is 13.6. The summed E-state index contributed by atoms with van der Waals surface area (Å²) in [5, 5.41) is 16.2. The molecule has 1 aliphatic heterocycles. The van der Waals surface area contributed by atoms with Crippen LogP contribution in [0, 0.1) is 0 Å². The second kappa shape index (κ2) is 7.51. The van der Waals surface area contributed by atoms with Crippen LogP contribution in [-0.4, -0.2) is 56.9 Å². The fourth-order valence-corrected chi connectivity index (χ4v) is 4.28. The van der Waals surface area contributed by atoms with Crippen LogP contribution in [0.25, 0.3) is 17.0 Å². The van der Waals surface area contributed by atoms with Crippen molar-refractivity contribution in [3.63, 3.8) is 0 Å². The lowest BCUT2D eigenvalue weighted by Crippen LogP contribution is -2.41. The molecule has 1 N–H and O–H groups in total. The maximum absolute atomic E-state index is 13.6. The van der Waals surface area contributed by atoms with Gasteiger partial charge in [0, 0.05) is 38.1 Å². The summed E-state index contributed by atoms with van der Waals surface area (Å²) in [6.07, 6.45) is 1.99. The van der Waals surface area contributed by atoms with Crippen LogP contribution in [0.1, 0.15) is 39.4 Å². The average molecular weight is 483 g/mol. The van der Waals surface area contributed by atoms with Gasteiger partial charge in [0.25, 0.3) is 5.89 Å². The number of aryl methyl sites for hydroxylation is 1. The smallest absolute Gasteiger partial charge is 0.412 e. The van der Waals surface area contributed by atoms with Gasteiger partial charge in [-0.05, 0) is 18.2 Å². The zero-order valence-electron chi connectivity index (χ0n) is 18.1. The minimum atomic E-state index is -4.56. The van der Waals surface area contributed by atoms with E-state index in [4.69, 9.17) is 4.42 Å². The molecule has 0 saturated heterocycles. The van der Waals surface area contributed by atoms with Gasteiger partial charge in [0.1, 0.15) is 6.04 Å². The van der Waals surface area contributed by atoms with E-state index >= 15 is 0 Å². The number of halogens is 3. The lowest BCUT2D eigenvalue weighted by Gasteiger charge is -2.32. The number of hydrogen-bond donors (Lipinski definition) is 1. The molecule has 1 amide bonds. The Balaban J connectivity index is 1.42. The van der Waals surface area contributed by atoms with Crippen molar-refractivity contribution >= 4 is 11.4 Å². The van der Waals surface area contributed by atoms with Crippen LogP contribution in [0.4, 0.5) is 13.2 Å². The van der Waals surface area contributed by atoms with Crippen molar-refractivity contribution in [2.75, 3.05) is 6.54 Å². The van der Waals surface area contributed by atoms with E-state index in [1.54, 1.807) is 17.9 Å². The Morgan fingerprint density at radius 1 is 1.29 bits per heavy atom. The number of nitrogens with one attached hydrogen (secondary N) is 1. The third kappa shape index (κ3) is 3.45. The summed E-state index contributed by atoms with van der Waals surface area (Å²) in [4.78, 5) is 22.3. The molecule has 14 heteroatoms. The highest BCUT2D eigenvalue weighted by molar-refractivity contribution is 5.90. The maximum Gasteiger partial charge on any atom is 0.418 e. The zero-order chi connectivity index (χ0) is 24.3. The highest BCUT2D eigenvalue weighted by atomic mass is 19.4. The number of hydrogen-bond acceptors (Lipinski definition) is 7. The second-order valence-electron chi connectivity index (χ2n) is 8.05. The van der Waals surface area contributed by atoms with E-state index in [9.17, 15) is 18.0 Å². The molecule has 1 atom stereocenters. The van der Waals surface area contributed by atoms with Gasteiger partial charge in [0.2, 0.25) is 0 Å². The number of aromatic nitrogens is 8. The minimum Gasteiger partial charge on any atom is -0.412 e. The van der Waals surface area contributed by atoms with Crippen LogP contribution in [-0.2, 0) is 19.6 Å². The number of carbonyl (C=O) groups is 1. The van der Waals surface area contributed by atoms with Crippen molar-refractivity contribution in [1.82, 2.24) is 44.5 Å². The highest BCUT2D eigenvalue weighted by Gasteiger charge is 2.39. The Morgan fingerprint density at radius 2 is 2.14 bits per heavy atom. The monoisotopic (exact) mass is 483 g/mol. The predicted molar refractivity (Wildman–Crippen MR) is 112 cm³/mol. The number of nitrogens with zero attached hydrogens (tertiary/aromatic N) is 8. The summed E-state index contributed by atoms with van der Waals surface area (Å²) in [6, 6.07) is 2.73. The van der Waals surface area contributed by atoms with Gasteiger partial charge >= 0.3 is 18.0 Å². The van der Waals surface area contributed by atoms with Crippen LogP contribution in [0.2, 0.25) is 0 Å². The molecule has 6 rings (SSSR count). The van der Waals surface area contributed by atoms with Gasteiger partial charge in [0.05, 0.1) is 40.6 Å². The molecule has 0 bridgehead atoms. The number of imidazole rings is 1. The number of amides is 1. The molecule has 0 aromatic carbocycles. The summed E-state index contributed by atoms with van der Waals surface area (Å²) in [5.74, 6) is -0.718. The van der Waals surface area contributed by atoms with Gasteiger partial charge in [-0.15, -0.1) is 10.2 Å². The molecule has 0 fully saturated rings. The lowest BCUT2D eigenvalue weighted by molar-refractivity contribution is -0.136. The standard InChI is InChI=1S/C21H16F3N9O2/c1-31-9-11(8-27-31)18-28-29-19(35-18)20(34)32-6-4-13-16(26-10-25-13)17(32)14-7-15-12(21(22,23)24)3-2-5-33(15)30-14/h2-3,5,7-10,17H,4,6H2,1H3,(H,25,26)/t17-/m1/s1. The predicted octanol–water partition coefficient (Wildman–Crippen LogP) is 2.65. The Kier molecular flexibility index (Phi) is 4.52. The molecular formula is C21H16F3N9O2. The van der Waals surface area contributed by atoms with E-state index < -0.39 is 23.7 Å². The fourth-order valence-electron chi connectivity index (χ4n) is 4.28. The number of H-pyrrole nitrogens is 1. The van der Waals surface area contributed by atoms with Crippen LogP contribution >= 0.6 is 0 Å². The third-order valence-corrected chi connectivity index (χ3v) is 5.85. The van der Waals surface area contributed by atoms with Crippen molar-refractivity contribution in [3.05, 3.63) is 71.7 Å². The van der Waals surface area contributed by atoms with Gasteiger partial charge in [-0.25, -0.2) is 9.50 Å². The number of pyridine rings is 1. The third-order valence-electron chi connectivity index (χ3n) is 5.85. The van der Waals surface area contributed by atoms with Gasteiger partial charge in [-0.1, -0.05) is 0 Å². The van der Waals surface area contributed by atoms with Crippen LogP contribution in [0.15, 0.2) is 47.5 Å². The molecule has 0 spiro atoms. The Hall–Kier alpha value is -4.49.